The Kier molecular flexibility index (Phi) is 6.35. The first-order valence-electron chi connectivity index (χ1n) is 15.5. The molecule has 5 heteroatoms. The molecule has 4 fully saturated rings. The van der Waals surface area contributed by atoms with E-state index in [1.54, 1.807) is 29.8 Å². The topological polar surface area (TPSA) is 47.4 Å². The summed E-state index contributed by atoms with van der Waals surface area (Å²) in [5.41, 5.74) is 8.03. The molecule has 0 saturated heterocycles. The number of rotatable bonds is 5. The van der Waals surface area contributed by atoms with Crippen molar-refractivity contribution in [2.75, 3.05) is 0 Å². The molecule has 212 valence electrons. The molecule has 0 aliphatic heterocycles. The minimum absolute atomic E-state index is 0.415. The Hall–Kier alpha value is -5.13. The van der Waals surface area contributed by atoms with E-state index in [-0.39, 0.29) is 0 Å². The molecule has 0 amide bonds. The third kappa shape index (κ3) is 4.76. The summed E-state index contributed by atoms with van der Waals surface area (Å²) in [6, 6.07) is 32.5. The van der Waals surface area contributed by atoms with E-state index in [9.17, 15) is 0 Å². The lowest BCUT2D eigenvalue weighted by molar-refractivity contribution is -0.00518. The Morgan fingerprint density at radius 1 is 0.455 bits per heavy atom. The van der Waals surface area contributed by atoms with Crippen LogP contribution in [0.1, 0.15) is 44.1 Å². The first-order chi connectivity index (χ1) is 21.6. The van der Waals surface area contributed by atoms with Gasteiger partial charge in [-0.05, 0) is 78.4 Å². The number of hydrogen-bond acceptors (Lipinski definition) is 3. The summed E-state index contributed by atoms with van der Waals surface area (Å²) in [5.74, 6) is 4.50. The standard InChI is InChI=1S/C39H31N5/c1-40-34-15-9-31(10-16-34)37-42-36(43-38(44-37)32-11-17-35(41-2)18-12-32)30-5-3-28(4-6-30)29-7-13-33(14-8-29)39-22-25-19-26(23-39)21-27(20-25)24-39/h3-18,25-27H,19-24H2. The van der Waals surface area contributed by atoms with E-state index in [4.69, 9.17) is 28.1 Å². The third-order valence-electron chi connectivity index (χ3n) is 10.2. The van der Waals surface area contributed by atoms with Crippen molar-refractivity contribution in [3.05, 3.63) is 125 Å². The van der Waals surface area contributed by atoms with Crippen molar-refractivity contribution < 1.29 is 0 Å². The average molecular weight is 570 g/mol. The van der Waals surface area contributed by atoms with Gasteiger partial charge in [0.05, 0.1) is 13.1 Å². The van der Waals surface area contributed by atoms with Gasteiger partial charge in [-0.1, -0.05) is 97.1 Å². The van der Waals surface area contributed by atoms with Gasteiger partial charge in [0.25, 0.3) is 0 Å². The van der Waals surface area contributed by atoms with Gasteiger partial charge in [0.15, 0.2) is 28.8 Å². The predicted molar refractivity (Wildman–Crippen MR) is 174 cm³/mol. The summed E-state index contributed by atoms with van der Waals surface area (Å²) in [7, 11) is 0. The highest BCUT2D eigenvalue weighted by Crippen LogP contribution is 2.60. The largest absolute Gasteiger partial charge is 0.238 e. The van der Waals surface area contributed by atoms with Crippen LogP contribution in [-0.2, 0) is 5.41 Å². The fourth-order valence-electron chi connectivity index (χ4n) is 8.43. The Morgan fingerprint density at radius 2 is 0.773 bits per heavy atom. The molecule has 4 saturated carbocycles. The summed E-state index contributed by atoms with van der Waals surface area (Å²) >= 11 is 0. The van der Waals surface area contributed by atoms with Gasteiger partial charge in [-0.15, -0.1) is 0 Å². The molecule has 5 nitrogen and oxygen atoms in total. The van der Waals surface area contributed by atoms with Crippen LogP contribution in [0.4, 0.5) is 11.4 Å². The summed E-state index contributed by atoms with van der Waals surface area (Å²) in [6.45, 7) is 14.6. The van der Waals surface area contributed by atoms with Gasteiger partial charge in [0, 0.05) is 16.7 Å². The highest BCUT2D eigenvalue weighted by atomic mass is 15.0. The lowest BCUT2D eigenvalue weighted by atomic mass is 9.48. The van der Waals surface area contributed by atoms with Crippen LogP contribution >= 0.6 is 0 Å². The highest BCUT2D eigenvalue weighted by molar-refractivity contribution is 5.71. The van der Waals surface area contributed by atoms with E-state index >= 15 is 0 Å². The van der Waals surface area contributed by atoms with Crippen molar-refractivity contribution in [2.24, 2.45) is 17.8 Å². The van der Waals surface area contributed by atoms with Crippen molar-refractivity contribution in [3.63, 3.8) is 0 Å². The number of hydrogen-bond donors (Lipinski definition) is 0. The van der Waals surface area contributed by atoms with Crippen LogP contribution in [0.25, 0.3) is 55.0 Å². The second-order valence-electron chi connectivity index (χ2n) is 13.0. The van der Waals surface area contributed by atoms with Crippen LogP contribution in [-0.4, -0.2) is 15.0 Å². The molecule has 0 atom stereocenters. The van der Waals surface area contributed by atoms with Gasteiger partial charge >= 0.3 is 0 Å². The number of nitrogens with zero attached hydrogens (tertiary/aromatic N) is 5. The summed E-state index contributed by atoms with van der Waals surface area (Å²) in [5, 5.41) is 0. The average Bonchev–Trinajstić information content (AvgIpc) is 3.08. The first kappa shape index (κ1) is 26.5. The fraction of sp³-hybridized carbons (Fsp3) is 0.256. The molecule has 1 aromatic heterocycles. The molecule has 4 aromatic carbocycles. The number of aromatic nitrogens is 3. The van der Waals surface area contributed by atoms with Gasteiger partial charge in [0.2, 0.25) is 0 Å². The van der Waals surface area contributed by atoms with Crippen LogP contribution in [0.5, 0.6) is 0 Å². The lowest BCUT2D eigenvalue weighted by Gasteiger charge is -2.57. The van der Waals surface area contributed by atoms with E-state index in [2.05, 4.69) is 58.2 Å². The zero-order chi connectivity index (χ0) is 29.7. The molecule has 0 N–H and O–H groups in total. The van der Waals surface area contributed by atoms with E-state index in [0.717, 1.165) is 34.4 Å². The maximum Gasteiger partial charge on any atom is 0.187 e. The smallest absolute Gasteiger partial charge is 0.187 e. The second-order valence-corrected chi connectivity index (χ2v) is 13.0. The minimum Gasteiger partial charge on any atom is -0.238 e. The van der Waals surface area contributed by atoms with Crippen LogP contribution < -0.4 is 0 Å². The molecule has 9 rings (SSSR count). The van der Waals surface area contributed by atoms with Crippen LogP contribution in [0.3, 0.4) is 0 Å². The van der Waals surface area contributed by atoms with Crippen molar-refractivity contribution in [2.45, 2.75) is 43.9 Å². The Bertz CT molecular complexity index is 1810. The summed E-state index contributed by atoms with van der Waals surface area (Å²) in [4.78, 5) is 21.5. The predicted octanol–water partition coefficient (Wildman–Crippen LogP) is 10.1. The van der Waals surface area contributed by atoms with Crippen LogP contribution in [0.2, 0.25) is 0 Å². The zero-order valence-electron chi connectivity index (χ0n) is 24.4. The Balaban J connectivity index is 1.10. The maximum atomic E-state index is 7.28. The second kappa shape index (κ2) is 10.5. The molecular formula is C39H31N5. The summed E-state index contributed by atoms with van der Waals surface area (Å²) in [6.07, 6.45) is 8.56. The van der Waals surface area contributed by atoms with Gasteiger partial charge in [0.1, 0.15) is 0 Å². The molecular weight excluding hydrogens is 538 g/mol. The van der Waals surface area contributed by atoms with Crippen molar-refractivity contribution in [1.82, 2.24) is 15.0 Å². The SMILES string of the molecule is [C-]#[N+]c1ccc(-c2nc(-c3ccc([N+]#[C-])cc3)nc(-c3ccc(-c4ccc(C56CC7CC(CC(C7)C5)C6)cc4)cc3)n2)cc1. The van der Waals surface area contributed by atoms with Gasteiger partial charge in [-0.2, -0.15) is 0 Å². The van der Waals surface area contributed by atoms with Crippen LogP contribution in [0, 0.1) is 30.9 Å². The highest BCUT2D eigenvalue weighted by Gasteiger charge is 2.51. The van der Waals surface area contributed by atoms with E-state index in [0.29, 0.717) is 34.3 Å². The Labute approximate surface area is 258 Å². The summed E-state index contributed by atoms with van der Waals surface area (Å²) < 4.78 is 0. The van der Waals surface area contributed by atoms with Crippen molar-refractivity contribution in [1.29, 1.82) is 0 Å². The minimum atomic E-state index is 0.415. The molecule has 44 heavy (non-hydrogen) atoms. The molecule has 0 radical (unpaired) electrons. The van der Waals surface area contributed by atoms with Gasteiger partial charge < -0.3 is 0 Å². The van der Waals surface area contributed by atoms with Crippen molar-refractivity contribution in [3.8, 4) is 45.3 Å². The van der Waals surface area contributed by atoms with E-state index in [1.165, 1.54) is 49.7 Å². The van der Waals surface area contributed by atoms with E-state index in [1.807, 2.05) is 24.3 Å². The molecule has 5 aromatic rings. The molecule has 4 aliphatic rings. The zero-order valence-corrected chi connectivity index (χ0v) is 24.4. The molecule has 1 heterocycles. The quantitative estimate of drug-likeness (QED) is 0.198. The van der Waals surface area contributed by atoms with Crippen molar-refractivity contribution >= 4 is 11.4 Å². The third-order valence-corrected chi connectivity index (χ3v) is 10.2. The fourth-order valence-corrected chi connectivity index (χ4v) is 8.43. The van der Waals surface area contributed by atoms with Gasteiger partial charge in [-0.3, -0.25) is 0 Å². The van der Waals surface area contributed by atoms with Gasteiger partial charge in [-0.25, -0.2) is 24.6 Å². The maximum absolute atomic E-state index is 7.28. The normalized spacial score (nSPS) is 23.2. The molecule has 0 unspecified atom stereocenters. The molecule has 4 bridgehead atoms. The molecule has 4 aliphatic carbocycles. The Morgan fingerprint density at radius 3 is 1.14 bits per heavy atom. The lowest BCUT2D eigenvalue weighted by Crippen LogP contribution is -2.48. The van der Waals surface area contributed by atoms with Crippen LogP contribution in [0.15, 0.2) is 97.1 Å². The monoisotopic (exact) mass is 569 g/mol. The molecule has 0 spiro atoms. The van der Waals surface area contributed by atoms with E-state index < -0.39 is 0 Å². The number of benzene rings is 4. The first-order valence-corrected chi connectivity index (χ1v) is 15.5.